The Morgan fingerprint density at radius 2 is 2.35 bits per heavy atom. The third-order valence-electron chi connectivity index (χ3n) is 3.15. The molecule has 2 rings (SSSR count). The average Bonchev–Trinajstić information content (AvgIpc) is 2.33. The summed E-state index contributed by atoms with van der Waals surface area (Å²) in [4.78, 5) is 2.23. The van der Waals surface area contributed by atoms with E-state index in [0.29, 0.717) is 17.8 Å². The van der Waals surface area contributed by atoms with Crippen LogP contribution in [0.5, 0.6) is 0 Å². The summed E-state index contributed by atoms with van der Waals surface area (Å²) in [5.41, 5.74) is 6.71. The number of nitrogens with zero attached hydrogens (tertiary/aromatic N) is 1. The van der Waals surface area contributed by atoms with Crippen molar-refractivity contribution in [3.63, 3.8) is 0 Å². The number of nitrogen functional groups attached to an aromatic ring is 1. The van der Waals surface area contributed by atoms with Gasteiger partial charge in [-0.1, -0.05) is 13.0 Å². The molecular weight excluding hydrogens is 219 g/mol. The largest absolute Gasteiger partial charge is 0.399 e. The molecular formula is C13H19FN2O. The van der Waals surface area contributed by atoms with E-state index in [-0.39, 0.29) is 11.9 Å². The van der Waals surface area contributed by atoms with Crippen molar-refractivity contribution in [3.05, 3.63) is 29.6 Å². The molecule has 17 heavy (non-hydrogen) atoms. The molecule has 94 valence electrons. The van der Waals surface area contributed by atoms with Crippen molar-refractivity contribution in [2.75, 3.05) is 25.4 Å². The molecule has 0 saturated carbocycles. The summed E-state index contributed by atoms with van der Waals surface area (Å²) in [6.07, 6.45) is 1.28. The Morgan fingerprint density at radius 3 is 3.06 bits per heavy atom. The molecule has 1 heterocycles. The predicted molar refractivity (Wildman–Crippen MR) is 66.1 cm³/mol. The molecule has 2 N–H and O–H groups in total. The molecule has 0 aliphatic carbocycles. The fourth-order valence-corrected chi connectivity index (χ4v) is 2.10. The minimum Gasteiger partial charge on any atom is -0.399 e. The number of hydrogen-bond donors (Lipinski definition) is 1. The van der Waals surface area contributed by atoms with Crippen LogP contribution in [0.1, 0.15) is 18.9 Å². The lowest BCUT2D eigenvalue weighted by Crippen LogP contribution is -2.41. The summed E-state index contributed by atoms with van der Waals surface area (Å²) in [5.74, 6) is -0.218. The molecule has 0 aromatic heterocycles. The van der Waals surface area contributed by atoms with Crippen LogP contribution in [-0.4, -0.2) is 30.7 Å². The number of rotatable bonds is 3. The van der Waals surface area contributed by atoms with Crippen LogP contribution in [0, 0.1) is 5.82 Å². The van der Waals surface area contributed by atoms with Crippen LogP contribution in [-0.2, 0) is 11.3 Å². The molecule has 1 fully saturated rings. The number of ether oxygens (including phenoxy) is 1. The van der Waals surface area contributed by atoms with Gasteiger partial charge in [0.1, 0.15) is 5.82 Å². The predicted octanol–water partition coefficient (Wildman–Crippen LogP) is 2.02. The minimum absolute atomic E-state index is 0.218. The molecule has 1 aliphatic heterocycles. The van der Waals surface area contributed by atoms with Crippen molar-refractivity contribution in [1.29, 1.82) is 0 Å². The van der Waals surface area contributed by atoms with Crippen LogP contribution in [0.3, 0.4) is 0 Å². The molecule has 0 amide bonds. The topological polar surface area (TPSA) is 38.5 Å². The summed E-state index contributed by atoms with van der Waals surface area (Å²) >= 11 is 0. The zero-order valence-corrected chi connectivity index (χ0v) is 10.2. The van der Waals surface area contributed by atoms with Gasteiger partial charge >= 0.3 is 0 Å². The van der Waals surface area contributed by atoms with E-state index in [4.69, 9.17) is 10.5 Å². The highest BCUT2D eigenvalue weighted by molar-refractivity contribution is 5.40. The Kier molecular flexibility index (Phi) is 3.97. The third kappa shape index (κ3) is 3.17. The molecule has 1 aromatic carbocycles. The van der Waals surface area contributed by atoms with Crippen LogP contribution in [0.15, 0.2) is 18.2 Å². The van der Waals surface area contributed by atoms with Gasteiger partial charge in [0.25, 0.3) is 0 Å². The third-order valence-corrected chi connectivity index (χ3v) is 3.15. The second kappa shape index (κ2) is 5.47. The quantitative estimate of drug-likeness (QED) is 0.819. The second-order valence-electron chi connectivity index (χ2n) is 4.49. The number of anilines is 1. The van der Waals surface area contributed by atoms with Crippen molar-refractivity contribution < 1.29 is 9.13 Å². The van der Waals surface area contributed by atoms with Crippen LogP contribution >= 0.6 is 0 Å². The van der Waals surface area contributed by atoms with Gasteiger partial charge < -0.3 is 10.5 Å². The Labute approximate surface area is 101 Å². The van der Waals surface area contributed by atoms with Gasteiger partial charge in [0.2, 0.25) is 0 Å². The fraction of sp³-hybridized carbons (Fsp3) is 0.538. The van der Waals surface area contributed by atoms with Gasteiger partial charge in [0.05, 0.1) is 12.7 Å². The van der Waals surface area contributed by atoms with E-state index in [0.717, 1.165) is 26.1 Å². The van der Waals surface area contributed by atoms with Crippen molar-refractivity contribution in [1.82, 2.24) is 4.90 Å². The van der Waals surface area contributed by atoms with Crippen LogP contribution in [0.2, 0.25) is 0 Å². The molecule has 1 saturated heterocycles. The van der Waals surface area contributed by atoms with E-state index in [9.17, 15) is 4.39 Å². The number of morpholine rings is 1. The standard InChI is InChI=1S/C13H19FN2O/c1-2-12-9-16(5-6-17-12)8-10-3-4-11(15)7-13(10)14/h3-4,7,12H,2,5-6,8-9,15H2,1H3. The zero-order chi connectivity index (χ0) is 12.3. The maximum absolute atomic E-state index is 13.6. The first-order valence-corrected chi connectivity index (χ1v) is 6.07. The highest BCUT2D eigenvalue weighted by Crippen LogP contribution is 2.16. The molecule has 1 unspecified atom stereocenters. The van der Waals surface area contributed by atoms with E-state index in [2.05, 4.69) is 11.8 Å². The fourth-order valence-electron chi connectivity index (χ4n) is 2.10. The van der Waals surface area contributed by atoms with Crippen molar-refractivity contribution in [2.24, 2.45) is 0 Å². The molecule has 4 heteroatoms. The maximum Gasteiger partial charge on any atom is 0.129 e. The van der Waals surface area contributed by atoms with Gasteiger partial charge in [0.15, 0.2) is 0 Å². The van der Waals surface area contributed by atoms with E-state index in [1.165, 1.54) is 6.07 Å². The lowest BCUT2D eigenvalue weighted by atomic mass is 10.1. The molecule has 1 aliphatic rings. The average molecular weight is 238 g/mol. The monoisotopic (exact) mass is 238 g/mol. The normalized spacial score (nSPS) is 21.6. The van der Waals surface area contributed by atoms with Crippen LogP contribution in [0.25, 0.3) is 0 Å². The summed E-state index contributed by atoms with van der Waals surface area (Å²) in [6, 6.07) is 4.89. The smallest absolute Gasteiger partial charge is 0.129 e. The molecule has 0 bridgehead atoms. The lowest BCUT2D eigenvalue weighted by Gasteiger charge is -2.32. The lowest BCUT2D eigenvalue weighted by molar-refractivity contribution is -0.0327. The summed E-state index contributed by atoms with van der Waals surface area (Å²) in [6.45, 7) is 5.21. The molecule has 0 spiro atoms. The van der Waals surface area contributed by atoms with E-state index in [1.807, 2.05) is 0 Å². The minimum atomic E-state index is -0.218. The summed E-state index contributed by atoms with van der Waals surface area (Å²) < 4.78 is 19.2. The Bertz CT molecular complexity index is 384. The van der Waals surface area contributed by atoms with Crippen molar-refractivity contribution >= 4 is 5.69 Å². The van der Waals surface area contributed by atoms with Gasteiger partial charge in [-0.25, -0.2) is 4.39 Å². The van der Waals surface area contributed by atoms with E-state index < -0.39 is 0 Å². The SMILES string of the molecule is CCC1CN(Cc2ccc(N)cc2F)CCO1. The van der Waals surface area contributed by atoms with E-state index in [1.54, 1.807) is 12.1 Å². The van der Waals surface area contributed by atoms with Crippen molar-refractivity contribution in [3.8, 4) is 0 Å². The van der Waals surface area contributed by atoms with Gasteiger partial charge in [0, 0.05) is 30.9 Å². The Hall–Kier alpha value is -1.13. The second-order valence-corrected chi connectivity index (χ2v) is 4.49. The zero-order valence-electron chi connectivity index (χ0n) is 10.2. The van der Waals surface area contributed by atoms with Crippen molar-refractivity contribution in [2.45, 2.75) is 26.0 Å². The van der Waals surface area contributed by atoms with Crippen LogP contribution < -0.4 is 5.73 Å². The van der Waals surface area contributed by atoms with E-state index >= 15 is 0 Å². The van der Waals surface area contributed by atoms with Gasteiger partial charge in [-0.3, -0.25) is 4.90 Å². The molecule has 1 atom stereocenters. The summed E-state index contributed by atoms with van der Waals surface area (Å²) in [5, 5.41) is 0. The number of hydrogen-bond acceptors (Lipinski definition) is 3. The maximum atomic E-state index is 13.6. The van der Waals surface area contributed by atoms with Crippen LogP contribution in [0.4, 0.5) is 10.1 Å². The van der Waals surface area contributed by atoms with Gasteiger partial charge in [-0.2, -0.15) is 0 Å². The highest BCUT2D eigenvalue weighted by Gasteiger charge is 2.19. The van der Waals surface area contributed by atoms with Gasteiger partial charge in [-0.15, -0.1) is 0 Å². The first kappa shape index (κ1) is 12.3. The number of halogens is 1. The first-order chi connectivity index (χ1) is 8.19. The molecule has 0 radical (unpaired) electrons. The molecule has 3 nitrogen and oxygen atoms in total. The Morgan fingerprint density at radius 1 is 1.53 bits per heavy atom. The van der Waals surface area contributed by atoms with Gasteiger partial charge in [-0.05, 0) is 18.6 Å². The highest BCUT2D eigenvalue weighted by atomic mass is 19.1. The molecule has 1 aromatic rings. The number of benzene rings is 1. The Balaban J connectivity index is 2.00. The number of nitrogens with two attached hydrogens (primary N) is 1. The summed E-state index contributed by atoms with van der Waals surface area (Å²) in [7, 11) is 0. The first-order valence-electron chi connectivity index (χ1n) is 6.07.